The molecule has 0 fully saturated rings. The van der Waals surface area contributed by atoms with Gasteiger partial charge in [0.2, 0.25) is 0 Å². The van der Waals surface area contributed by atoms with E-state index in [4.69, 9.17) is 0 Å². The topological polar surface area (TPSA) is 17.1 Å². The number of benzene rings is 1. The lowest BCUT2D eigenvalue weighted by molar-refractivity contribution is 0.0975. The predicted octanol–water partition coefficient (Wildman–Crippen LogP) is 6.81. The maximum Gasteiger partial charge on any atom is 0.163 e. The third-order valence-corrected chi connectivity index (χ3v) is 5.06. The lowest BCUT2D eigenvalue weighted by Crippen LogP contribution is -2.26. The van der Waals surface area contributed by atoms with Gasteiger partial charge in [-0.2, -0.15) is 0 Å². The van der Waals surface area contributed by atoms with Crippen molar-refractivity contribution in [3.8, 4) is 0 Å². The van der Waals surface area contributed by atoms with Gasteiger partial charge in [-0.15, -0.1) is 9.24 Å². The third-order valence-electron chi connectivity index (χ3n) is 4.73. The lowest BCUT2D eigenvalue weighted by atomic mass is 9.71. The van der Waals surface area contributed by atoms with Crippen LogP contribution in [0.3, 0.4) is 0 Å². The maximum absolute atomic E-state index is 13.2. The van der Waals surface area contributed by atoms with Crippen LogP contribution in [0.2, 0.25) is 0 Å². The normalized spacial score (nSPS) is 14.5. The molecule has 0 amide bonds. The van der Waals surface area contributed by atoms with Gasteiger partial charge < -0.3 is 0 Å². The first kappa shape index (κ1) is 22.4. The predicted molar refractivity (Wildman–Crippen MR) is 115 cm³/mol. The van der Waals surface area contributed by atoms with Crippen LogP contribution in [0, 0.1) is 0 Å². The number of hydrogen-bond donors (Lipinski definition) is 0. The molecule has 0 saturated heterocycles. The summed E-state index contributed by atoms with van der Waals surface area (Å²) >= 11 is 0. The SMILES string of the molecule is CC(P)CCC(=O)c1c(C(C)(C)C)cc(C(C)(C)C)cc1C(C)(C)C. The van der Waals surface area contributed by atoms with Crippen LogP contribution in [-0.4, -0.2) is 11.4 Å². The minimum absolute atomic E-state index is 0.0567. The van der Waals surface area contributed by atoms with Crippen LogP contribution < -0.4 is 0 Å². The highest BCUT2D eigenvalue weighted by molar-refractivity contribution is 7.17. The zero-order valence-corrected chi connectivity index (χ0v) is 19.3. The molecule has 1 nitrogen and oxygen atoms in total. The molecule has 0 spiro atoms. The average Bonchev–Trinajstić information content (AvgIpc) is 2.40. The Morgan fingerprint density at radius 3 is 1.56 bits per heavy atom. The van der Waals surface area contributed by atoms with Crippen molar-refractivity contribution in [2.24, 2.45) is 0 Å². The standard InChI is InChI=1S/C23H39OP/c1-15(25)11-12-19(24)20-17(22(5,6)7)13-16(21(2,3)4)14-18(20)23(8,9)10/h13-15H,11-12,25H2,1-10H3. The lowest BCUT2D eigenvalue weighted by Gasteiger charge is -2.33. The molecular weight excluding hydrogens is 323 g/mol. The molecule has 1 rings (SSSR count). The van der Waals surface area contributed by atoms with E-state index in [0.717, 1.165) is 12.0 Å². The highest BCUT2D eigenvalue weighted by atomic mass is 31.0. The number of ketones is 1. The van der Waals surface area contributed by atoms with Gasteiger partial charge in [-0.3, -0.25) is 4.79 Å². The Bertz CT molecular complexity index is 584. The Morgan fingerprint density at radius 2 is 1.28 bits per heavy atom. The fourth-order valence-electron chi connectivity index (χ4n) is 3.04. The highest BCUT2D eigenvalue weighted by Crippen LogP contribution is 2.39. The molecule has 0 N–H and O–H groups in total. The van der Waals surface area contributed by atoms with Gasteiger partial charge in [0.1, 0.15) is 0 Å². The van der Waals surface area contributed by atoms with Gasteiger partial charge in [0, 0.05) is 12.0 Å². The van der Waals surface area contributed by atoms with Crippen molar-refractivity contribution in [1.29, 1.82) is 0 Å². The fourth-order valence-corrected chi connectivity index (χ4v) is 3.21. The fraction of sp³-hybridized carbons (Fsp3) is 0.696. The number of rotatable bonds is 4. The van der Waals surface area contributed by atoms with Crippen LogP contribution in [0.4, 0.5) is 0 Å². The zero-order valence-electron chi connectivity index (χ0n) is 18.1. The Morgan fingerprint density at radius 1 is 0.880 bits per heavy atom. The van der Waals surface area contributed by atoms with Crippen molar-refractivity contribution in [3.63, 3.8) is 0 Å². The second-order valence-corrected chi connectivity index (χ2v) is 11.8. The van der Waals surface area contributed by atoms with Gasteiger partial charge in [0.05, 0.1) is 0 Å². The van der Waals surface area contributed by atoms with E-state index >= 15 is 0 Å². The Kier molecular flexibility index (Phi) is 6.72. The van der Waals surface area contributed by atoms with Gasteiger partial charge in [-0.25, -0.2) is 0 Å². The number of hydrogen-bond acceptors (Lipinski definition) is 1. The molecule has 2 heteroatoms. The molecule has 0 saturated carbocycles. The van der Waals surface area contributed by atoms with Gasteiger partial charge in [-0.1, -0.05) is 81.4 Å². The summed E-state index contributed by atoms with van der Waals surface area (Å²) in [5.41, 5.74) is 5.11. The van der Waals surface area contributed by atoms with E-state index < -0.39 is 0 Å². The molecule has 0 aromatic heterocycles. The van der Waals surface area contributed by atoms with E-state index in [0.29, 0.717) is 17.9 Å². The molecule has 142 valence electrons. The maximum atomic E-state index is 13.2. The van der Waals surface area contributed by atoms with Crippen molar-refractivity contribution in [3.05, 3.63) is 34.4 Å². The molecular formula is C23H39OP. The summed E-state index contributed by atoms with van der Waals surface area (Å²) in [5, 5.41) is 0. The molecule has 0 aliphatic heterocycles. The molecule has 0 heterocycles. The Labute approximate surface area is 158 Å². The minimum Gasteiger partial charge on any atom is -0.294 e. The van der Waals surface area contributed by atoms with Crippen molar-refractivity contribution in [2.75, 3.05) is 0 Å². The number of Topliss-reactive ketones (excluding diaryl/α,β-unsaturated/α-hetero) is 1. The van der Waals surface area contributed by atoms with Crippen molar-refractivity contribution >= 4 is 15.0 Å². The van der Waals surface area contributed by atoms with Gasteiger partial charge in [0.25, 0.3) is 0 Å². The highest BCUT2D eigenvalue weighted by Gasteiger charge is 2.31. The van der Waals surface area contributed by atoms with Crippen LogP contribution in [0.15, 0.2) is 12.1 Å². The first-order valence-electron chi connectivity index (χ1n) is 9.53. The first-order valence-corrected chi connectivity index (χ1v) is 10.2. The summed E-state index contributed by atoms with van der Waals surface area (Å²) < 4.78 is 0. The van der Waals surface area contributed by atoms with Crippen LogP contribution in [0.5, 0.6) is 0 Å². The molecule has 0 radical (unpaired) electrons. The summed E-state index contributed by atoms with van der Waals surface area (Å²) in [6, 6.07) is 4.57. The van der Waals surface area contributed by atoms with Gasteiger partial charge in [-0.05, 0) is 45.0 Å². The second kappa shape index (κ2) is 7.51. The Balaban J connectivity index is 3.73. The van der Waals surface area contributed by atoms with Crippen molar-refractivity contribution in [1.82, 2.24) is 0 Å². The summed E-state index contributed by atoms with van der Waals surface area (Å²) in [5.74, 6) is 0.296. The molecule has 0 aliphatic carbocycles. The molecule has 2 atom stereocenters. The molecule has 1 aromatic rings. The summed E-state index contributed by atoms with van der Waals surface area (Å²) in [4.78, 5) is 13.2. The summed E-state index contributed by atoms with van der Waals surface area (Å²) in [6.45, 7) is 22.2. The summed E-state index contributed by atoms with van der Waals surface area (Å²) in [7, 11) is 2.80. The number of carbonyl (C=O) groups is 1. The third kappa shape index (κ3) is 5.92. The van der Waals surface area contributed by atoms with E-state index in [-0.39, 0.29) is 16.2 Å². The van der Waals surface area contributed by atoms with E-state index in [1.165, 1.54) is 16.7 Å². The molecule has 25 heavy (non-hydrogen) atoms. The monoisotopic (exact) mass is 362 g/mol. The molecule has 0 bridgehead atoms. The Hall–Kier alpha value is -0.680. The van der Waals surface area contributed by atoms with Gasteiger partial charge >= 0.3 is 0 Å². The van der Waals surface area contributed by atoms with E-state index in [1.807, 2.05) is 0 Å². The number of carbonyl (C=O) groups excluding carboxylic acids is 1. The quantitative estimate of drug-likeness (QED) is 0.425. The second-order valence-electron chi connectivity index (χ2n) is 10.6. The van der Waals surface area contributed by atoms with Crippen LogP contribution in [-0.2, 0) is 16.2 Å². The molecule has 2 unspecified atom stereocenters. The molecule has 0 aliphatic rings. The van der Waals surface area contributed by atoms with Crippen LogP contribution >= 0.6 is 9.24 Å². The molecule has 1 aromatic carbocycles. The minimum atomic E-state index is -0.0567. The zero-order chi connectivity index (χ0) is 19.8. The van der Waals surface area contributed by atoms with Crippen LogP contribution in [0.25, 0.3) is 0 Å². The average molecular weight is 363 g/mol. The van der Waals surface area contributed by atoms with E-state index in [9.17, 15) is 4.79 Å². The van der Waals surface area contributed by atoms with E-state index in [1.54, 1.807) is 0 Å². The van der Waals surface area contributed by atoms with Gasteiger partial charge in [0.15, 0.2) is 5.78 Å². The van der Waals surface area contributed by atoms with Crippen LogP contribution in [0.1, 0.15) is 109 Å². The van der Waals surface area contributed by atoms with E-state index in [2.05, 4.69) is 90.6 Å². The van der Waals surface area contributed by atoms with Crippen molar-refractivity contribution in [2.45, 2.75) is 104 Å². The largest absolute Gasteiger partial charge is 0.294 e. The summed E-state index contributed by atoms with van der Waals surface area (Å²) in [6.07, 6.45) is 1.53. The smallest absolute Gasteiger partial charge is 0.163 e. The van der Waals surface area contributed by atoms with Crippen molar-refractivity contribution < 1.29 is 4.79 Å². The first-order chi connectivity index (χ1) is 11.0.